The molecule has 8 nitrogen and oxygen atoms in total. The van der Waals surface area contributed by atoms with E-state index in [1.807, 2.05) is 13.0 Å². The molecular formula is C20H24F3N3O5. The van der Waals surface area contributed by atoms with Gasteiger partial charge in [0.25, 0.3) is 0 Å². The maximum absolute atomic E-state index is 10.6. The van der Waals surface area contributed by atoms with Crippen molar-refractivity contribution < 1.29 is 36.6 Å². The number of hydrogen-bond acceptors (Lipinski definition) is 7. The summed E-state index contributed by atoms with van der Waals surface area (Å²) < 4.78 is 49.2. The molecule has 1 aliphatic carbocycles. The fourth-order valence-corrected chi connectivity index (χ4v) is 4.24. The van der Waals surface area contributed by atoms with Crippen molar-refractivity contribution in [1.29, 1.82) is 0 Å². The molecule has 1 N–H and O–H groups in total. The molecule has 2 saturated heterocycles. The number of nitrogens with zero attached hydrogens (tertiary/aromatic N) is 3. The molecule has 31 heavy (non-hydrogen) atoms. The van der Waals surface area contributed by atoms with Gasteiger partial charge in [-0.05, 0) is 31.9 Å². The van der Waals surface area contributed by atoms with Crippen LogP contribution in [0.15, 0.2) is 21.0 Å². The molecule has 2 aromatic rings. The largest absolute Gasteiger partial charge is 0.490 e. The van der Waals surface area contributed by atoms with Crippen molar-refractivity contribution >= 4 is 5.97 Å². The molecule has 170 valence electrons. The van der Waals surface area contributed by atoms with Gasteiger partial charge in [-0.2, -0.15) is 13.2 Å². The van der Waals surface area contributed by atoms with Crippen LogP contribution in [0.1, 0.15) is 42.1 Å². The van der Waals surface area contributed by atoms with Crippen LogP contribution in [0.4, 0.5) is 13.2 Å². The lowest BCUT2D eigenvalue weighted by atomic mass is 9.78. The van der Waals surface area contributed by atoms with E-state index in [1.54, 1.807) is 0 Å². The number of hydrogen-bond donors (Lipinski definition) is 1. The van der Waals surface area contributed by atoms with Gasteiger partial charge in [0.2, 0.25) is 11.8 Å². The minimum atomic E-state index is -5.08. The Morgan fingerprint density at radius 2 is 2.03 bits per heavy atom. The summed E-state index contributed by atoms with van der Waals surface area (Å²) in [5, 5.41) is 15.7. The van der Waals surface area contributed by atoms with Crippen LogP contribution in [0.3, 0.4) is 0 Å². The molecule has 5 rings (SSSR count). The van der Waals surface area contributed by atoms with E-state index in [-0.39, 0.29) is 5.41 Å². The van der Waals surface area contributed by atoms with E-state index in [1.165, 1.54) is 12.8 Å². The van der Waals surface area contributed by atoms with E-state index in [2.05, 4.69) is 21.2 Å². The Morgan fingerprint density at radius 3 is 2.65 bits per heavy atom. The Morgan fingerprint density at radius 1 is 1.29 bits per heavy atom. The third-order valence-corrected chi connectivity index (χ3v) is 5.92. The maximum atomic E-state index is 10.6. The fraction of sp³-hybridized carbons (Fsp3) is 0.650. The summed E-state index contributed by atoms with van der Waals surface area (Å²) in [4.78, 5) is 11.4. The number of aliphatic carboxylic acids is 1. The fourth-order valence-electron chi connectivity index (χ4n) is 4.24. The molecule has 0 radical (unpaired) electrons. The highest BCUT2D eigenvalue weighted by Crippen LogP contribution is 2.45. The number of carbonyl (C=O) groups is 1. The Balaban J connectivity index is 0.000000289. The number of aryl methyl sites for hydroxylation is 1. The van der Waals surface area contributed by atoms with E-state index in [0.29, 0.717) is 11.8 Å². The Kier molecular flexibility index (Phi) is 5.82. The van der Waals surface area contributed by atoms with Crippen LogP contribution in [-0.4, -0.2) is 58.7 Å². The molecule has 3 fully saturated rings. The molecule has 0 spiro atoms. The van der Waals surface area contributed by atoms with Crippen molar-refractivity contribution in [1.82, 2.24) is 15.1 Å². The van der Waals surface area contributed by atoms with Crippen molar-refractivity contribution in [2.24, 2.45) is 11.3 Å². The summed E-state index contributed by atoms with van der Waals surface area (Å²) in [6.45, 7) is 6.51. The Bertz CT molecular complexity index is 923. The maximum Gasteiger partial charge on any atom is 0.490 e. The molecule has 4 heterocycles. The number of fused-ring (bicyclic) bond motifs is 1. The second-order valence-corrected chi connectivity index (χ2v) is 8.54. The molecule has 11 heteroatoms. The van der Waals surface area contributed by atoms with Gasteiger partial charge < -0.3 is 18.7 Å². The zero-order valence-corrected chi connectivity index (χ0v) is 17.0. The predicted octanol–water partition coefficient (Wildman–Crippen LogP) is 3.17. The summed E-state index contributed by atoms with van der Waals surface area (Å²) >= 11 is 0. The number of carboxylic acid groups (broad SMARTS) is 1. The number of aromatic nitrogens is 2. The van der Waals surface area contributed by atoms with Crippen LogP contribution in [0.2, 0.25) is 0 Å². The van der Waals surface area contributed by atoms with E-state index in [9.17, 15) is 13.2 Å². The molecule has 0 unspecified atom stereocenters. The van der Waals surface area contributed by atoms with Crippen LogP contribution in [0.25, 0.3) is 0 Å². The molecule has 0 amide bonds. The summed E-state index contributed by atoms with van der Waals surface area (Å²) in [6.07, 6.45) is -1.88. The average Bonchev–Trinajstić information content (AvgIpc) is 2.97. The molecule has 3 aliphatic rings. The quantitative estimate of drug-likeness (QED) is 0.752. The molecular weight excluding hydrogens is 419 g/mol. The van der Waals surface area contributed by atoms with Crippen molar-refractivity contribution in [3.8, 4) is 0 Å². The lowest BCUT2D eigenvalue weighted by molar-refractivity contribution is -0.192. The second kappa shape index (κ2) is 8.27. The number of ether oxygens (including phenoxy) is 1. The van der Waals surface area contributed by atoms with Gasteiger partial charge in [-0.3, -0.25) is 4.90 Å². The van der Waals surface area contributed by atoms with Crippen molar-refractivity contribution in [3.05, 3.63) is 35.4 Å². The average molecular weight is 443 g/mol. The first kappa shape index (κ1) is 21.8. The summed E-state index contributed by atoms with van der Waals surface area (Å²) in [5.41, 5.74) is 0.106. The van der Waals surface area contributed by atoms with Crippen LogP contribution in [0, 0.1) is 18.3 Å². The summed E-state index contributed by atoms with van der Waals surface area (Å²) in [6, 6.07) is 4.11. The van der Waals surface area contributed by atoms with Gasteiger partial charge in [0.15, 0.2) is 0 Å². The topological polar surface area (TPSA) is 102 Å². The number of halogens is 3. The van der Waals surface area contributed by atoms with Gasteiger partial charge in [0.05, 0.1) is 19.8 Å². The third kappa shape index (κ3) is 5.09. The lowest BCUT2D eigenvalue weighted by Gasteiger charge is -2.25. The number of alkyl halides is 3. The Hall–Kier alpha value is -2.40. The van der Waals surface area contributed by atoms with Gasteiger partial charge in [-0.1, -0.05) is 0 Å². The number of rotatable bonds is 5. The second-order valence-electron chi connectivity index (χ2n) is 8.54. The van der Waals surface area contributed by atoms with E-state index in [4.69, 9.17) is 23.5 Å². The molecule has 2 aliphatic heterocycles. The standard InChI is InChI=1S/C18H23N3O3.C2HF3O2/c1-12-2-5-15(23-12)8-21-7-14-9-22-11-18(14,10-21)6-16-19-20-17(24-16)13-3-4-13;3-2(4,5)1(6)7/h2,5,13-14H,3-4,6-11H2,1H3;(H,6,7)/t14-,18+;/m1./s1. The summed E-state index contributed by atoms with van der Waals surface area (Å²) in [5.74, 6) is 1.91. The highest BCUT2D eigenvalue weighted by molar-refractivity contribution is 5.73. The van der Waals surface area contributed by atoms with Crippen LogP contribution < -0.4 is 0 Å². The first-order valence-corrected chi connectivity index (χ1v) is 10.1. The summed E-state index contributed by atoms with van der Waals surface area (Å²) in [7, 11) is 0. The molecule has 2 aromatic heterocycles. The first-order chi connectivity index (χ1) is 14.6. The van der Waals surface area contributed by atoms with E-state index < -0.39 is 12.1 Å². The van der Waals surface area contributed by atoms with Crippen LogP contribution >= 0.6 is 0 Å². The van der Waals surface area contributed by atoms with Gasteiger partial charge in [-0.15, -0.1) is 10.2 Å². The minimum absolute atomic E-state index is 0.106. The SMILES string of the molecule is Cc1ccc(CN2C[C@@H]3COC[C@]3(Cc3nnc(C4CC4)o3)C2)o1.O=C(O)C(F)(F)F. The Labute approximate surface area is 176 Å². The lowest BCUT2D eigenvalue weighted by Crippen LogP contribution is -2.33. The molecule has 0 bridgehead atoms. The van der Waals surface area contributed by atoms with Gasteiger partial charge in [0, 0.05) is 36.8 Å². The van der Waals surface area contributed by atoms with Crippen LogP contribution in [-0.2, 0) is 22.5 Å². The van der Waals surface area contributed by atoms with Crippen molar-refractivity contribution in [2.75, 3.05) is 26.3 Å². The minimum Gasteiger partial charge on any atom is -0.475 e. The third-order valence-electron chi connectivity index (χ3n) is 5.92. The van der Waals surface area contributed by atoms with Gasteiger partial charge >= 0.3 is 12.1 Å². The van der Waals surface area contributed by atoms with Crippen LogP contribution in [0.5, 0.6) is 0 Å². The molecule has 2 atom stereocenters. The van der Waals surface area contributed by atoms with Gasteiger partial charge in [-0.25, -0.2) is 4.79 Å². The molecule has 0 aromatic carbocycles. The number of furan rings is 1. The smallest absolute Gasteiger partial charge is 0.475 e. The number of carboxylic acids is 1. The monoisotopic (exact) mass is 443 g/mol. The highest BCUT2D eigenvalue weighted by Gasteiger charge is 2.51. The predicted molar refractivity (Wildman–Crippen MR) is 99.1 cm³/mol. The van der Waals surface area contributed by atoms with E-state index in [0.717, 1.165) is 62.6 Å². The molecule has 1 saturated carbocycles. The van der Waals surface area contributed by atoms with E-state index >= 15 is 0 Å². The first-order valence-electron chi connectivity index (χ1n) is 10.1. The zero-order valence-electron chi connectivity index (χ0n) is 17.0. The normalized spacial score (nSPS) is 25.9. The van der Waals surface area contributed by atoms with Crippen molar-refractivity contribution in [3.63, 3.8) is 0 Å². The van der Waals surface area contributed by atoms with Gasteiger partial charge in [0.1, 0.15) is 11.5 Å². The highest BCUT2D eigenvalue weighted by atomic mass is 19.4. The zero-order chi connectivity index (χ0) is 22.2. The van der Waals surface area contributed by atoms with Crippen molar-refractivity contribution in [2.45, 2.75) is 44.8 Å². The number of likely N-dealkylation sites (tertiary alicyclic amines) is 1.